The summed E-state index contributed by atoms with van der Waals surface area (Å²) < 4.78 is 5.41. The average molecular weight is 306 g/mol. The molecular weight excluding hydrogens is 288 g/mol. The van der Waals surface area contributed by atoms with Gasteiger partial charge < -0.3 is 15.0 Å². The third-order valence-corrected chi connectivity index (χ3v) is 3.91. The number of thiocarbonyl (C=S) groups is 1. The fraction of sp³-hybridized carbons (Fsp3) is 0.267. The van der Waals surface area contributed by atoms with E-state index in [9.17, 15) is 0 Å². The maximum Gasteiger partial charge on any atom is 0.173 e. The molecule has 2 aromatic rings. The van der Waals surface area contributed by atoms with E-state index in [1.54, 1.807) is 11.3 Å². The molecule has 0 amide bonds. The number of thiophene rings is 1. The molecule has 2 rings (SSSR count). The van der Waals surface area contributed by atoms with Gasteiger partial charge in [-0.3, -0.25) is 0 Å². The van der Waals surface area contributed by atoms with Gasteiger partial charge in [0.25, 0.3) is 0 Å². The molecule has 0 atom stereocenters. The fourth-order valence-electron chi connectivity index (χ4n) is 1.75. The van der Waals surface area contributed by atoms with Gasteiger partial charge in [-0.15, -0.1) is 0 Å². The zero-order chi connectivity index (χ0) is 14.4. The summed E-state index contributed by atoms with van der Waals surface area (Å²) >= 11 is 7.10. The highest BCUT2D eigenvalue weighted by Crippen LogP contribution is 2.16. The van der Waals surface area contributed by atoms with Crippen LogP contribution < -0.4 is 10.1 Å². The normalized spacial score (nSPS) is 10.1. The molecule has 0 bridgehead atoms. The van der Waals surface area contributed by atoms with Crippen molar-refractivity contribution < 1.29 is 4.74 Å². The third-order valence-electron chi connectivity index (χ3n) is 2.76. The largest absolute Gasteiger partial charge is 0.494 e. The maximum absolute atomic E-state index is 5.41. The van der Waals surface area contributed by atoms with E-state index >= 15 is 0 Å². The van der Waals surface area contributed by atoms with Gasteiger partial charge in [0.05, 0.1) is 6.61 Å². The van der Waals surface area contributed by atoms with E-state index in [1.807, 2.05) is 43.1 Å². The third kappa shape index (κ3) is 4.21. The Balaban J connectivity index is 1.90. The molecule has 1 heterocycles. The smallest absolute Gasteiger partial charge is 0.173 e. The lowest BCUT2D eigenvalue weighted by atomic mass is 10.3. The standard InChI is InChI=1S/C15H18N2OS2/c1-3-18-14-6-4-13(5-7-14)16-15(19)17(2)10-12-8-9-20-11-12/h4-9,11H,3,10H2,1-2H3,(H,16,19). The zero-order valence-corrected chi connectivity index (χ0v) is 13.3. The van der Waals surface area contributed by atoms with Gasteiger partial charge in [-0.25, -0.2) is 0 Å². The van der Waals surface area contributed by atoms with Crippen molar-refractivity contribution >= 4 is 34.4 Å². The van der Waals surface area contributed by atoms with Crippen molar-refractivity contribution in [2.45, 2.75) is 13.5 Å². The Labute approximate surface area is 129 Å². The molecule has 5 heteroatoms. The average Bonchev–Trinajstić information content (AvgIpc) is 2.94. The second kappa shape index (κ2) is 7.26. The highest BCUT2D eigenvalue weighted by atomic mass is 32.1. The molecule has 0 radical (unpaired) electrons. The second-order valence-corrected chi connectivity index (χ2v) is 5.54. The van der Waals surface area contributed by atoms with E-state index < -0.39 is 0 Å². The molecule has 1 N–H and O–H groups in total. The quantitative estimate of drug-likeness (QED) is 0.845. The van der Waals surface area contributed by atoms with E-state index in [2.05, 4.69) is 22.1 Å². The zero-order valence-electron chi connectivity index (χ0n) is 11.6. The summed E-state index contributed by atoms with van der Waals surface area (Å²) in [5.41, 5.74) is 2.24. The molecule has 0 saturated heterocycles. The Morgan fingerprint density at radius 2 is 2.05 bits per heavy atom. The topological polar surface area (TPSA) is 24.5 Å². The molecule has 0 spiro atoms. The molecule has 20 heavy (non-hydrogen) atoms. The molecule has 0 saturated carbocycles. The Morgan fingerprint density at radius 1 is 1.30 bits per heavy atom. The first-order valence-corrected chi connectivity index (χ1v) is 7.80. The number of benzene rings is 1. The number of nitrogens with zero attached hydrogens (tertiary/aromatic N) is 1. The summed E-state index contributed by atoms with van der Waals surface area (Å²) in [7, 11) is 1.99. The molecule has 0 aliphatic carbocycles. The minimum absolute atomic E-state index is 0.675. The summed E-state index contributed by atoms with van der Waals surface area (Å²) in [6.45, 7) is 3.46. The lowest BCUT2D eigenvalue weighted by Gasteiger charge is -2.20. The van der Waals surface area contributed by atoms with Crippen molar-refractivity contribution in [3.63, 3.8) is 0 Å². The van der Waals surface area contributed by atoms with Crippen LogP contribution in [0.5, 0.6) is 5.75 Å². The van der Waals surface area contributed by atoms with Crippen LogP contribution in [0.25, 0.3) is 0 Å². The van der Waals surface area contributed by atoms with Crippen LogP contribution in [0, 0.1) is 0 Å². The minimum atomic E-state index is 0.675. The van der Waals surface area contributed by atoms with Crippen molar-refractivity contribution in [3.05, 3.63) is 46.7 Å². The maximum atomic E-state index is 5.41. The van der Waals surface area contributed by atoms with Gasteiger partial charge in [-0.05, 0) is 65.8 Å². The summed E-state index contributed by atoms with van der Waals surface area (Å²) in [6, 6.07) is 9.92. The van der Waals surface area contributed by atoms with E-state index in [4.69, 9.17) is 17.0 Å². The molecule has 1 aromatic heterocycles. The fourth-order valence-corrected chi connectivity index (χ4v) is 2.59. The number of ether oxygens (including phenoxy) is 1. The Kier molecular flexibility index (Phi) is 5.38. The predicted octanol–water partition coefficient (Wildman–Crippen LogP) is 3.98. The number of hydrogen-bond donors (Lipinski definition) is 1. The lowest BCUT2D eigenvalue weighted by molar-refractivity contribution is 0.340. The Morgan fingerprint density at radius 3 is 2.65 bits per heavy atom. The van der Waals surface area contributed by atoms with Crippen LogP contribution in [0.3, 0.4) is 0 Å². The molecule has 0 unspecified atom stereocenters. The van der Waals surface area contributed by atoms with Crippen molar-refractivity contribution in [1.82, 2.24) is 4.90 Å². The van der Waals surface area contributed by atoms with Crippen molar-refractivity contribution in [3.8, 4) is 5.75 Å². The van der Waals surface area contributed by atoms with Gasteiger partial charge in [0, 0.05) is 19.3 Å². The first-order valence-electron chi connectivity index (χ1n) is 6.45. The second-order valence-electron chi connectivity index (χ2n) is 4.38. The van der Waals surface area contributed by atoms with Gasteiger partial charge in [-0.2, -0.15) is 11.3 Å². The summed E-state index contributed by atoms with van der Waals surface area (Å²) in [5, 5.41) is 8.15. The van der Waals surface area contributed by atoms with Gasteiger partial charge in [0.15, 0.2) is 5.11 Å². The van der Waals surface area contributed by atoms with E-state index in [-0.39, 0.29) is 0 Å². The van der Waals surface area contributed by atoms with Crippen LogP contribution in [0.1, 0.15) is 12.5 Å². The van der Waals surface area contributed by atoms with Gasteiger partial charge in [0.1, 0.15) is 5.75 Å². The van der Waals surface area contributed by atoms with Crippen LogP contribution >= 0.6 is 23.6 Å². The minimum Gasteiger partial charge on any atom is -0.494 e. The van der Waals surface area contributed by atoms with Crippen molar-refractivity contribution in [1.29, 1.82) is 0 Å². The molecular formula is C15H18N2OS2. The van der Waals surface area contributed by atoms with Gasteiger partial charge >= 0.3 is 0 Å². The van der Waals surface area contributed by atoms with Crippen molar-refractivity contribution in [2.75, 3.05) is 19.0 Å². The van der Waals surface area contributed by atoms with Gasteiger partial charge in [0.2, 0.25) is 0 Å². The monoisotopic (exact) mass is 306 g/mol. The summed E-state index contributed by atoms with van der Waals surface area (Å²) in [6.07, 6.45) is 0. The first-order chi connectivity index (χ1) is 9.69. The van der Waals surface area contributed by atoms with Crippen LogP contribution in [-0.2, 0) is 6.54 Å². The Bertz CT molecular complexity index is 538. The van der Waals surface area contributed by atoms with E-state index in [0.717, 1.165) is 18.0 Å². The molecule has 106 valence electrons. The first kappa shape index (κ1) is 14.8. The summed E-state index contributed by atoms with van der Waals surface area (Å²) in [4.78, 5) is 2.02. The van der Waals surface area contributed by atoms with Crippen LogP contribution in [0.2, 0.25) is 0 Å². The summed E-state index contributed by atoms with van der Waals surface area (Å²) in [5.74, 6) is 0.871. The number of hydrogen-bond acceptors (Lipinski definition) is 3. The molecule has 3 nitrogen and oxygen atoms in total. The lowest BCUT2D eigenvalue weighted by Crippen LogP contribution is -2.30. The molecule has 0 fully saturated rings. The molecule has 0 aliphatic heterocycles. The van der Waals surface area contributed by atoms with Gasteiger partial charge in [-0.1, -0.05) is 0 Å². The van der Waals surface area contributed by atoms with Crippen LogP contribution in [0.15, 0.2) is 41.1 Å². The Hall–Kier alpha value is -1.59. The highest BCUT2D eigenvalue weighted by Gasteiger charge is 2.06. The van der Waals surface area contributed by atoms with Crippen LogP contribution in [0.4, 0.5) is 5.69 Å². The highest BCUT2D eigenvalue weighted by molar-refractivity contribution is 7.80. The SMILES string of the molecule is CCOc1ccc(NC(=S)N(C)Cc2ccsc2)cc1. The van der Waals surface area contributed by atoms with Crippen LogP contribution in [-0.4, -0.2) is 23.7 Å². The number of anilines is 1. The number of nitrogens with one attached hydrogen (secondary N) is 1. The van der Waals surface area contributed by atoms with E-state index in [1.165, 1.54) is 5.56 Å². The van der Waals surface area contributed by atoms with E-state index in [0.29, 0.717) is 11.7 Å². The molecule has 1 aromatic carbocycles. The van der Waals surface area contributed by atoms with Crippen molar-refractivity contribution in [2.24, 2.45) is 0 Å². The number of rotatable bonds is 5. The molecule has 0 aliphatic rings. The predicted molar refractivity (Wildman–Crippen MR) is 89.6 cm³/mol.